The third kappa shape index (κ3) is 4.62. The zero-order valence-corrected chi connectivity index (χ0v) is 16.1. The van der Waals surface area contributed by atoms with Crippen LogP contribution in [0.4, 0.5) is 10.5 Å². The summed E-state index contributed by atoms with van der Waals surface area (Å²) in [5.74, 6) is -0.246. The largest absolute Gasteiger partial charge is 0.324 e. The number of nitrogens with zero attached hydrogens (tertiary/aromatic N) is 2. The van der Waals surface area contributed by atoms with Gasteiger partial charge in [-0.3, -0.25) is 19.9 Å². The second-order valence-electron chi connectivity index (χ2n) is 7.69. The van der Waals surface area contributed by atoms with Crippen LogP contribution in [0.2, 0.25) is 0 Å². The summed E-state index contributed by atoms with van der Waals surface area (Å²) >= 11 is 0. The number of amides is 4. The molecule has 1 aromatic carbocycles. The molecular weight excluding hydrogens is 368 g/mol. The molecule has 2 aliphatic heterocycles. The molecule has 2 fully saturated rings. The number of nitrogens with one attached hydrogen (secondary N) is 2. The summed E-state index contributed by atoms with van der Waals surface area (Å²) < 4.78 is 0. The van der Waals surface area contributed by atoms with Crippen LogP contribution in [0.15, 0.2) is 48.8 Å². The van der Waals surface area contributed by atoms with Crippen molar-refractivity contribution in [1.82, 2.24) is 15.2 Å². The lowest BCUT2D eigenvalue weighted by molar-refractivity contribution is -0.125. The molecule has 7 nitrogen and oxygen atoms in total. The van der Waals surface area contributed by atoms with Crippen LogP contribution >= 0.6 is 0 Å². The lowest BCUT2D eigenvalue weighted by atomic mass is 9.90. The van der Waals surface area contributed by atoms with E-state index >= 15 is 0 Å². The maximum Gasteiger partial charge on any atom is 0.321 e. The number of anilines is 1. The fraction of sp³-hybridized carbons (Fsp3) is 0.364. The van der Waals surface area contributed by atoms with Crippen LogP contribution in [-0.4, -0.2) is 40.8 Å². The van der Waals surface area contributed by atoms with Crippen molar-refractivity contribution in [3.8, 4) is 0 Å². The highest BCUT2D eigenvalue weighted by Crippen LogP contribution is 2.28. The molecule has 2 saturated heterocycles. The fourth-order valence-electron chi connectivity index (χ4n) is 4.03. The van der Waals surface area contributed by atoms with Gasteiger partial charge in [0.2, 0.25) is 11.8 Å². The minimum absolute atomic E-state index is 0.0910. The fourth-order valence-corrected chi connectivity index (χ4v) is 4.03. The Balaban J connectivity index is 1.28. The van der Waals surface area contributed by atoms with Crippen LogP contribution in [0.5, 0.6) is 0 Å². The number of benzene rings is 1. The highest BCUT2D eigenvalue weighted by atomic mass is 16.2. The van der Waals surface area contributed by atoms with Gasteiger partial charge in [-0.15, -0.1) is 0 Å². The highest BCUT2D eigenvalue weighted by Gasteiger charge is 2.30. The molecule has 1 aromatic heterocycles. The summed E-state index contributed by atoms with van der Waals surface area (Å²) in [4.78, 5) is 41.5. The van der Waals surface area contributed by atoms with Crippen molar-refractivity contribution < 1.29 is 14.4 Å². The number of hydrogen-bond donors (Lipinski definition) is 2. The van der Waals surface area contributed by atoms with Gasteiger partial charge in [-0.25, -0.2) is 4.79 Å². The van der Waals surface area contributed by atoms with Crippen LogP contribution in [0.3, 0.4) is 0 Å². The lowest BCUT2D eigenvalue weighted by Crippen LogP contribution is -2.40. The number of carbonyl (C=O) groups is 3. The van der Waals surface area contributed by atoms with Gasteiger partial charge >= 0.3 is 6.03 Å². The molecule has 2 aromatic rings. The molecule has 0 bridgehead atoms. The number of piperidine rings is 1. The van der Waals surface area contributed by atoms with Crippen LogP contribution in [0, 0.1) is 5.92 Å². The van der Waals surface area contributed by atoms with Gasteiger partial charge in [0.05, 0.1) is 5.92 Å². The Morgan fingerprint density at radius 2 is 1.76 bits per heavy atom. The van der Waals surface area contributed by atoms with Crippen molar-refractivity contribution in [1.29, 1.82) is 0 Å². The summed E-state index contributed by atoms with van der Waals surface area (Å²) in [7, 11) is 0. The zero-order valence-electron chi connectivity index (χ0n) is 16.1. The number of aromatic nitrogens is 1. The molecule has 4 amide bonds. The summed E-state index contributed by atoms with van der Waals surface area (Å²) in [5.41, 5.74) is 2.98. The molecule has 0 aliphatic carbocycles. The van der Waals surface area contributed by atoms with Crippen molar-refractivity contribution in [2.24, 2.45) is 5.92 Å². The van der Waals surface area contributed by atoms with Crippen molar-refractivity contribution in [3.05, 3.63) is 59.9 Å². The molecule has 4 rings (SSSR count). The third-order valence-corrected chi connectivity index (χ3v) is 5.71. The molecule has 7 heteroatoms. The molecule has 1 atom stereocenters. The molecule has 2 aliphatic rings. The lowest BCUT2D eigenvalue weighted by Gasteiger charge is -2.32. The van der Waals surface area contributed by atoms with Gasteiger partial charge < -0.3 is 10.2 Å². The monoisotopic (exact) mass is 392 g/mol. The molecule has 150 valence electrons. The van der Waals surface area contributed by atoms with Gasteiger partial charge in [-0.1, -0.05) is 12.1 Å². The number of hydrogen-bond acceptors (Lipinski definition) is 4. The molecule has 3 heterocycles. The van der Waals surface area contributed by atoms with E-state index in [1.54, 1.807) is 0 Å². The molecule has 0 unspecified atom stereocenters. The van der Waals surface area contributed by atoms with E-state index < -0.39 is 0 Å². The molecular formula is C22H24N4O3. The van der Waals surface area contributed by atoms with E-state index in [1.165, 1.54) is 5.56 Å². The van der Waals surface area contributed by atoms with Crippen molar-refractivity contribution in [3.63, 3.8) is 0 Å². The Kier molecular flexibility index (Phi) is 5.55. The van der Waals surface area contributed by atoms with Crippen LogP contribution in [0.1, 0.15) is 36.3 Å². The SMILES string of the molecule is O=C1C[C@@H](Cc2ccc(NC(=O)N3CCC(c4ccncc4)CC3)cc2)C(=O)N1. The number of likely N-dealkylation sites (tertiary alicyclic amines) is 1. The van der Waals surface area contributed by atoms with Crippen molar-refractivity contribution in [2.75, 3.05) is 18.4 Å². The minimum Gasteiger partial charge on any atom is -0.324 e. The van der Waals surface area contributed by atoms with Crippen LogP contribution in [-0.2, 0) is 16.0 Å². The summed E-state index contributed by atoms with van der Waals surface area (Å²) in [6.07, 6.45) is 6.28. The van der Waals surface area contributed by atoms with Gasteiger partial charge in [-0.05, 0) is 60.6 Å². The van der Waals surface area contributed by atoms with E-state index in [2.05, 4.69) is 15.6 Å². The van der Waals surface area contributed by atoms with E-state index in [9.17, 15) is 14.4 Å². The maximum atomic E-state index is 12.6. The molecule has 2 N–H and O–H groups in total. The van der Waals surface area contributed by atoms with Gasteiger partial charge in [0.15, 0.2) is 0 Å². The quantitative estimate of drug-likeness (QED) is 0.783. The standard InChI is InChI=1S/C22H24N4O3/c27-20-14-18(21(28)25-20)13-15-1-3-19(4-2-15)24-22(29)26-11-7-17(8-12-26)16-5-9-23-10-6-16/h1-6,9-10,17-18H,7-8,11-14H2,(H,24,29)(H,25,27,28)/t18-/m1/s1. The van der Waals surface area contributed by atoms with E-state index in [0.717, 1.165) is 37.2 Å². The van der Waals surface area contributed by atoms with Gasteiger partial charge in [0, 0.05) is 37.6 Å². The summed E-state index contributed by atoms with van der Waals surface area (Å²) in [6.45, 7) is 1.45. The van der Waals surface area contributed by atoms with Crippen molar-refractivity contribution in [2.45, 2.75) is 31.6 Å². The Bertz CT molecular complexity index is 890. The Morgan fingerprint density at radius 1 is 1.07 bits per heavy atom. The first-order valence-electron chi connectivity index (χ1n) is 9.97. The normalized spacial score (nSPS) is 19.9. The Labute approximate surface area is 169 Å². The predicted octanol–water partition coefficient (Wildman–Crippen LogP) is 2.70. The number of urea groups is 1. The zero-order chi connectivity index (χ0) is 20.2. The average molecular weight is 392 g/mol. The topological polar surface area (TPSA) is 91.4 Å². The maximum absolute atomic E-state index is 12.6. The average Bonchev–Trinajstić information content (AvgIpc) is 3.07. The second-order valence-corrected chi connectivity index (χ2v) is 7.69. The van der Waals surface area contributed by atoms with Gasteiger partial charge in [0.25, 0.3) is 0 Å². The van der Waals surface area contributed by atoms with E-state index in [-0.39, 0.29) is 30.2 Å². The first-order valence-corrected chi connectivity index (χ1v) is 9.97. The number of pyridine rings is 1. The number of imide groups is 1. The van der Waals surface area contributed by atoms with E-state index in [1.807, 2.05) is 53.7 Å². The molecule has 0 radical (unpaired) electrons. The Hall–Kier alpha value is -3.22. The molecule has 0 saturated carbocycles. The molecule has 29 heavy (non-hydrogen) atoms. The van der Waals surface area contributed by atoms with Gasteiger partial charge in [0.1, 0.15) is 0 Å². The molecule has 0 spiro atoms. The van der Waals surface area contributed by atoms with Crippen molar-refractivity contribution >= 4 is 23.5 Å². The second kappa shape index (κ2) is 8.43. The minimum atomic E-state index is -0.301. The van der Waals surface area contributed by atoms with Crippen LogP contribution < -0.4 is 10.6 Å². The highest BCUT2D eigenvalue weighted by molar-refractivity contribution is 6.03. The first-order chi connectivity index (χ1) is 14.1. The van der Waals surface area contributed by atoms with E-state index in [4.69, 9.17) is 0 Å². The smallest absolute Gasteiger partial charge is 0.321 e. The summed E-state index contributed by atoms with van der Waals surface area (Å²) in [6, 6.07) is 11.5. The predicted molar refractivity (Wildman–Crippen MR) is 108 cm³/mol. The number of rotatable bonds is 4. The third-order valence-electron chi connectivity index (χ3n) is 5.71. The Morgan fingerprint density at radius 3 is 2.38 bits per heavy atom. The first kappa shape index (κ1) is 19.1. The van der Waals surface area contributed by atoms with Gasteiger partial charge in [-0.2, -0.15) is 0 Å². The summed E-state index contributed by atoms with van der Waals surface area (Å²) in [5, 5.41) is 5.28. The van der Waals surface area contributed by atoms with E-state index in [0.29, 0.717) is 12.3 Å². The van der Waals surface area contributed by atoms with Crippen LogP contribution in [0.25, 0.3) is 0 Å². The number of carbonyl (C=O) groups excluding carboxylic acids is 3.